The lowest BCUT2D eigenvalue weighted by molar-refractivity contribution is -0.146. The van der Waals surface area contributed by atoms with Crippen LogP contribution in [0.5, 0.6) is 0 Å². The molecule has 1 saturated heterocycles. The summed E-state index contributed by atoms with van der Waals surface area (Å²) in [6.07, 6.45) is 1.31. The minimum absolute atomic E-state index is 0.0488. The molecule has 0 saturated carbocycles. The summed E-state index contributed by atoms with van der Waals surface area (Å²) in [4.78, 5) is 38.0. The van der Waals surface area contributed by atoms with Gasteiger partial charge in [0.25, 0.3) is 11.8 Å². The number of carbonyl (C=O) groups excluding carboxylic acids is 3. The smallest absolute Gasteiger partial charge is 0.338 e. The van der Waals surface area contributed by atoms with Crippen LogP contribution in [0.4, 0.5) is 5.69 Å². The van der Waals surface area contributed by atoms with Crippen LogP contribution in [0.3, 0.4) is 0 Å². The highest BCUT2D eigenvalue weighted by atomic mass is 16.5. The lowest BCUT2D eigenvalue weighted by atomic mass is 10.2. The maximum Gasteiger partial charge on any atom is 0.338 e. The van der Waals surface area contributed by atoms with Crippen molar-refractivity contribution >= 4 is 23.5 Å². The van der Waals surface area contributed by atoms with Crippen LogP contribution in [0, 0.1) is 0 Å². The molecule has 148 valence electrons. The fourth-order valence-electron chi connectivity index (χ4n) is 2.97. The van der Waals surface area contributed by atoms with Crippen molar-refractivity contribution in [2.24, 2.45) is 0 Å². The molecule has 0 aliphatic carbocycles. The van der Waals surface area contributed by atoms with E-state index in [1.165, 1.54) is 18.4 Å². The van der Waals surface area contributed by atoms with Crippen molar-refractivity contribution in [2.45, 2.75) is 26.1 Å². The van der Waals surface area contributed by atoms with Gasteiger partial charge in [-0.2, -0.15) is 0 Å². The number of benzene rings is 1. The summed E-state index contributed by atoms with van der Waals surface area (Å²) in [6, 6.07) is 9.35. The van der Waals surface area contributed by atoms with Gasteiger partial charge in [-0.05, 0) is 50.2 Å². The Hall–Kier alpha value is -3.13. The third kappa shape index (κ3) is 4.98. The number of morpholine rings is 1. The lowest BCUT2D eigenvalue weighted by Crippen LogP contribution is -2.49. The van der Waals surface area contributed by atoms with Crippen molar-refractivity contribution in [1.29, 1.82) is 0 Å². The van der Waals surface area contributed by atoms with E-state index in [0.717, 1.165) is 0 Å². The van der Waals surface area contributed by atoms with E-state index in [4.69, 9.17) is 13.9 Å². The number of amides is 2. The Morgan fingerprint density at radius 1 is 1.11 bits per heavy atom. The largest absolute Gasteiger partial charge is 0.459 e. The van der Waals surface area contributed by atoms with Crippen LogP contribution in [0.1, 0.15) is 34.8 Å². The second kappa shape index (κ2) is 8.71. The van der Waals surface area contributed by atoms with Crippen molar-refractivity contribution in [3.8, 4) is 0 Å². The highest BCUT2D eigenvalue weighted by Crippen LogP contribution is 2.14. The molecule has 0 spiro atoms. The summed E-state index contributed by atoms with van der Waals surface area (Å²) in [5.74, 6) is -1.06. The predicted octanol–water partition coefficient (Wildman–Crippen LogP) is 2.32. The maximum absolute atomic E-state index is 12.2. The Bertz CT molecular complexity index is 821. The summed E-state index contributed by atoms with van der Waals surface area (Å²) in [5, 5.41) is 2.65. The molecule has 0 unspecified atom stereocenters. The van der Waals surface area contributed by atoms with Crippen LogP contribution in [0.25, 0.3) is 0 Å². The fourth-order valence-corrected chi connectivity index (χ4v) is 2.97. The van der Waals surface area contributed by atoms with Gasteiger partial charge in [-0.3, -0.25) is 9.59 Å². The van der Waals surface area contributed by atoms with Crippen LogP contribution in [-0.4, -0.2) is 54.6 Å². The number of rotatable bonds is 5. The van der Waals surface area contributed by atoms with Crippen molar-refractivity contribution < 1.29 is 28.3 Å². The number of anilines is 1. The minimum Gasteiger partial charge on any atom is -0.459 e. The molecule has 28 heavy (non-hydrogen) atoms. The van der Waals surface area contributed by atoms with E-state index in [9.17, 15) is 14.4 Å². The van der Waals surface area contributed by atoms with Crippen molar-refractivity contribution in [1.82, 2.24) is 4.90 Å². The zero-order chi connectivity index (χ0) is 20.1. The van der Waals surface area contributed by atoms with E-state index in [1.54, 1.807) is 29.2 Å². The van der Waals surface area contributed by atoms with E-state index in [-0.39, 0.29) is 42.0 Å². The Morgan fingerprint density at radius 2 is 1.79 bits per heavy atom. The first-order chi connectivity index (χ1) is 13.4. The Labute approximate surface area is 162 Å². The van der Waals surface area contributed by atoms with Crippen molar-refractivity contribution in [3.05, 3.63) is 54.0 Å². The SMILES string of the molecule is C[C@@H]1CN(C(=O)COC(=O)c2ccc(NC(=O)c3ccco3)cc2)C[C@@H](C)O1. The third-order valence-electron chi connectivity index (χ3n) is 4.22. The first-order valence-electron chi connectivity index (χ1n) is 8.97. The van der Waals surface area contributed by atoms with E-state index in [0.29, 0.717) is 18.8 Å². The standard InChI is InChI=1S/C20H22N2O6/c1-13-10-22(11-14(2)28-13)18(23)12-27-20(25)15-5-7-16(8-6-15)21-19(24)17-4-3-9-26-17/h3-9,13-14H,10-12H2,1-2H3,(H,21,24)/t13-,14-/m1/s1. The molecule has 2 aromatic rings. The Morgan fingerprint density at radius 3 is 2.39 bits per heavy atom. The van der Waals surface area contributed by atoms with Crippen molar-refractivity contribution in [2.75, 3.05) is 25.0 Å². The molecular weight excluding hydrogens is 364 g/mol. The molecule has 1 fully saturated rings. The molecule has 0 radical (unpaired) electrons. The van der Waals surface area contributed by atoms with Gasteiger partial charge in [0.2, 0.25) is 0 Å². The summed E-state index contributed by atoms with van der Waals surface area (Å²) in [6.45, 7) is 4.42. The third-order valence-corrected chi connectivity index (χ3v) is 4.22. The second-order valence-corrected chi connectivity index (χ2v) is 6.64. The molecule has 1 aromatic carbocycles. The van der Waals surface area contributed by atoms with Gasteiger partial charge < -0.3 is 24.1 Å². The molecule has 1 aliphatic rings. The van der Waals surface area contributed by atoms with Crippen LogP contribution < -0.4 is 5.32 Å². The van der Waals surface area contributed by atoms with Crippen LogP contribution in [0.2, 0.25) is 0 Å². The predicted molar refractivity (Wildman–Crippen MR) is 100.0 cm³/mol. The molecule has 2 atom stereocenters. The Kier molecular flexibility index (Phi) is 6.10. The van der Waals surface area contributed by atoms with Crippen molar-refractivity contribution in [3.63, 3.8) is 0 Å². The summed E-state index contributed by atoms with van der Waals surface area (Å²) >= 11 is 0. The molecule has 1 N–H and O–H groups in total. The van der Waals surface area contributed by atoms with E-state index >= 15 is 0 Å². The van der Waals surface area contributed by atoms with Gasteiger partial charge in [0.15, 0.2) is 12.4 Å². The number of ether oxygens (including phenoxy) is 2. The normalized spacial score (nSPS) is 19.1. The average molecular weight is 386 g/mol. The topological polar surface area (TPSA) is 98.1 Å². The first kappa shape index (κ1) is 19.6. The fraction of sp³-hybridized carbons (Fsp3) is 0.350. The van der Waals surface area contributed by atoms with Gasteiger partial charge in [-0.1, -0.05) is 0 Å². The Balaban J connectivity index is 1.50. The zero-order valence-corrected chi connectivity index (χ0v) is 15.7. The molecular formula is C20H22N2O6. The number of esters is 1. The van der Waals surface area contributed by atoms with Gasteiger partial charge in [0, 0.05) is 18.8 Å². The summed E-state index contributed by atoms with van der Waals surface area (Å²) in [5.41, 5.74) is 0.790. The van der Waals surface area contributed by atoms with Crippen LogP contribution in [0.15, 0.2) is 47.1 Å². The molecule has 2 heterocycles. The van der Waals surface area contributed by atoms with Gasteiger partial charge in [0.05, 0.1) is 24.0 Å². The molecule has 2 amide bonds. The summed E-state index contributed by atoms with van der Waals surface area (Å²) in [7, 11) is 0. The zero-order valence-electron chi connectivity index (χ0n) is 15.7. The van der Waals surface area contributed by atoms with Gasteiger partial charge in [-0.25, -0.2) is 4.79 Å². The highest BCUT2D eigenvalue weighted by Gasteiger charge is 2.26. The van der Waals surface area contributed by atoms with Crippen LogP contribution >= 0.6 is 0 Å². The number of furan rings is 1. The average Bonchev–Trinajstić information content (AvgIpc) is 3.20. The molecule has 1 aliphatic heterocycles. The lowest BCUT2D eigenvalue weighted by Gasteiger charge is -2.35. The number of hydrogen-bond donors (Lipinski definition) is 1. The monoisotopic (exact) mass is 386 g/mol. The number of hydrogen-bond acceptors (Lipinski definition) is 6. The van der Waals surface area contributed by atoms with E-state index in [1.807, 2.05) is 13.8 Å². The van der Waals surface area contributed by atoms with E-state index in [2.05, 4.69) is 5.32 Å². The van der Waals surface area contributed by atoms with E-state index < -0.39 is 5.97 Å². The van der Waals surface area contributed by atoms with Gasteiger partial charge in [0.1, 0.15) is 0 Å². The molecule has 0 bridgehead atoms. The van der Waals surface area contributed by atoms with Gasteiger partial charge >= 0.3 is 5.97 Å². The number of nitrogens with zero attached hydrogens (tertiary/aromatic N) is 1. The maximum atomic E-state index is 12.2. The quantitative estimate of drug-likeness (QED) is 0.792. The minimum atomic E-state index is -0.605. The molecule has 1 aromatic heterocycles. The van der Waals surface area contributed by atoms with Crippen LogP contribution in [-0.2, 0) is 14.3 Å². The summed E-state index contributed by atoms with van der Waals surface area (Å²) < 4.78 is 15.7. The number of carbonyl (C=O) groups is 3. The first-order valence-corrected chi connectivity index (χ1v) is 8.97. The second-order valence-electron chi connectivity index (χ2n) is 6.64. The highest BCUT2D eigenvalue weighted by molar-refractivity contribution is 6.02. The molecule has 8 nitrogen and oxygen atoms in total. The number of nitrogens with one attached hydrogen (secondary N) is 1. The van der Waals surface area contributed by atoms with Gasteiger partial charge in [-0.15, -0.1) is 0 Å². The molecule has 3 rings (SSSR count). The molecule has 8 heteroatoms.